The summed E-state index contributed by atoms with van der Waals surface area (Å²) in [5.74, 6) is 0.913. The SMILES string of the molecule is COC1CCCC(Oc2ccc(C)nc2CNC(C)C)C1. The average molecular weight is 292 g/mol. The molecule has 2 atom stereocenters. The maximum atomic E-state index is 6.22. The number of rotatable bonds is 6. The Bertz CT molecular complexity index is 448. The zero-order valence-electron chi connectivity index (χ0n) is 13.7. The second kappa shape index (κ2) is 7.76. The van der Waals surface area contributed by atoms with Crippen molar-refractivity contribution < 1.29 is 9.47 Å². The van der Waals surface area contributed by atoms with Crippen LogP contribution in [0, 0.1) is 6.92 Å². The number of aromatic nitrogens is 1. The van der Waals surface area contributed by atoms with Crippen molar-refractivity contribution in [1.82, 2.24) is 10.3 Å². The van der Waals surface area contributed by atoms with Crippen LogP contribution < -0.4 is 10.1 Å². The van der Waals surface area contributed by atoms with Crippen molar-refractivity contribution in [1.29, 1.82) is 0 Å². The first-order valence-electron chi connectivity index (χ1n) is 7.98. The molecule has 1 heterocycles. The van der Waals surface area contributed by atoms with Crippen LogP contribution in [0.3, 0.4) is 0 Å². The van der Waals surface area contributed by atoms with E-state index in [-0.39, 0.29) is 6.10 Å². The summed E-state index contributed by atoms with van der Waals surface area (Å²) < 4.78 is 11.7. The van der Waals surface area contributed by atoms with Crippen LogP contribution in [-0.4, -0.2) is 30.3 Å². The van der Waals surface area contributed by atoms with Gasteiger partial charge in [0.05, 0.1) is 11.8 Å². The van der Waals surface area contributed by atoms with E-state index in [4.69, 9.17) is 9.47 Å². The van der Waals surface area contributed by atoms with Gasteiger partial charge in [0.15, 0.2) is 0 Å². The molecule has 1 saturated carbocycles. The number of pyridine rings is 1. The van der Waals surface area contributed by atoms with Crippen molar-refractivity contribution >= 4 is 0 Å². The highest BCUT2D eigenvalue weighted by atomic mass is 16.5. The van der Waals surface area contributed by atoms with E-state index in [1.54, 1.807) is 7.11 Å². The molecule has 0 spiro atoms. The molecule has 0 radical (unpaired) electrons. The third-order valence-corrected chi connectivity index (χ3v) is 3.95. The minimum absolute atomic E-state index is 0.242. The second-order valence-electron chi connectivity index (χ2n) is 6.20. The maximum Gasteiger partial charge on any atom is 0.142 e. The molecule has 1 fully saturated rings. The normalized spacial score (nSPS) is 22.5. The summed E-state index contributed by atoms with van der Waals surface area (Å²) in [6.45, 7) is 7.04. The fourth-order valence-electron chi connectivity index (χ4n) is 2.74. The van der Waals surface area contributed by atoms with Crippen LogP contribution in [0.1, 0.15) is 50.9 Å². The lowest BCUT2D eigenvalue weighted by Gasteiger charge is -2.29. The molecular weight excluding hydrogens is 264 g/mol. The highest BCUT2D eigenvalue weighted by molar-refractivity contribution is 5.29. The van der Waals surface area contributed by atoms with Crippen LogP contribution in [-0.2, 0) is 11.3 Å². The van der Waals surface area contributed by atoms with Crippen molar-refractivity contribution in [3.8, 4) is 5.75 Å². The van der Waals surface area contributed by atoms with Crippen molar-refractivity contribution in [3.63, 3.8) is 0 Å². The molecule has 2 rings (SSSR count). The molecule has 0 saturated heterocycles. The fraction of sp³-hybridized carbons (Fsp3) is 0.706. The predicted octanol–water partition coefficient (Wildman–Crippen LogP) is 3.22. The van der Waals surface area contributed by atoms with Crippen molar-refractivity contribution in [3.05, 3.63) is 23.5 Å². The second-order valence-corrected chi connectivity index (χ2v) is 6.20. The molecule has 1 N–H and O–H groups in total. The summed E-state index contributed by atoms with van der Waals surface area (Å²) in [5.41, 5.74) is 2.03. The Labute approximate surface area is 128 Å². The van der Waals surface area contributed by atoms with Gasteiger partial charge >= 0.3 is 0 Å². The van der Waals surface area contributed by atoms with Crippen molar-refractivity contribution in [2.45, 2.75) is 71.2 Å². The number of hydrogen-bond donors (Lipinski definition) is 1. The number of nitrogens with zero attached hydrogens (tertiary/aromatic N) is 1. The minimum Gasteiger partial charge on any atom is -0.488 e. The Morgan fingerprint density at radius 3 is 2.76 bits per heavy atom. The van der Waals surface area contributed by atoms with E-state index in [1.165, 1.54) is 6.42 Å². The van der Waals surface area contributed by atoms with Gasteiger partial charge in [-0.2, -0.15) is 0 Å². The molecule has 1 aromatic heterocycles. The molecule has 21 heavy (non-hydrogen) atoms. The van der Waals surface area contributed by atoms with Gasteiger partial charge in [-0.05, 0) is 38.3 Å². The molecule has 0 aliphatic heterocycles. The Hall–Kier alpha value is -1.13. The first kappa shape index (κ1) is 16.2. The van der Waals surface area contributed by atoms with Gasteiger partial charge in [-0.15, -0.1) is 0 Å². The van der Waals surface area contributed by atoms with E-state index in [1.807, 2.05) is 13.0 Å². The third kappa shape index (κ3) is 4.97. The van der Waals surface area contributed by atoms with Gasteiger partial charge in [0.1, 0.15) is 11.9 Å². The molecule has 4 heteroatoms. The van der Waals surface area contributed by atoms with E-state index in [0.717, 1.165) is 42.9 Å². The summed E-state index contributed by atoms with van der Waals surface area (Å²) >= 11 is 0. The quantitative estimate of drug-likeness (QED) is 0.874. The van der Waals surface area contributed by atoms with Crippen LogP contribution in [0.2, 0.25) is 0 Å². The molecule has 0 aromatic carbocycles. The Balaban J connectivity index is 2.04. The van der Waals surface area contributed by atoms with Gasteiger partial charge in [0.2, 0.25) is 0 Å². The van der Waals surface area contributed by atoms with Gasteiger partial charge in [-0.25, -0.2) is 0 Å². The number of nitrogens with one attached hydrogen (secondary N) is 1. The minimum atomic E-state index is 0.242. The van der Waals surface area contributed by atoms with Gasteiger partial charge in [-0.1, -0.05) is 13.8 Å². The number of ether oxygens (including phenoxy) is 2. The smallest absolute Gasteiger partial charge is 0.142 e. The summed E-state index contributed by atoms with van der Waals surface area (Å²) in [5, 5.41) is 3.42. The zero-order chi connectivity index (χ0) is 15.2. The zero-order valence-corrected chi connectivity index (χ0v) is 13.7. The maximum absolute atomic E-state index is 6.22. The molecule has 0 amide bonds. The molecule has 1 aliphatic rings. The van der Waals surface area contributed by atoms with Crippen LogP contribution in [0.15, 0.2) is 12.1 Å². The van der Waals surface area contributed by atoms with E-state index in [9.17, 15) is 0 Å². The van der Waals surface area contributed by atoms with Crippen molar-refractivity contribution in [2.75, 3.05) is 7.11 Å². The average Bonchev–Trinajstić information content (AvgIpc) is 2.47. The molecule has 2 unspecified atom stereocenters. The lowest BCUT2D eigenvalue weighted by atomic mass is 9.95. The molecule has 1 aromatic rings. The van der Waals surface area contributed by atoms with Crippen LogP contribution >= 0.6 is 0 Å². The highest BCUT2D eigenvalue weighted by Crippen LogP contribution is 2.27. The first-order valence-corrected chi connectivity index (χ1v) is 7.98. The Kier molecular flexibility index (Phi) is 6.00. The standard InChI is InChI=1S/C17H28N2O2/c1-12(2)18-11-16-17(9-8-13(3)19-16)21-15-7-5-6-14(10-15)20-4/h8-9,12,14-15,18H,5-7,10-11H2,1-4H3. The van der Waals surface area contributed by atoms with Gasteiger partial charge in [-0.3, -0.25) is 4.98 Å². The van der Waals surface area contributed by atoms with E-state index in [2.05, 4.69) is 30.2 Å². The topological polar surface area (TPSA) is 43.4 Å². The highest BCUT2D eigenvalue weighted by Gasteiger charge is 2.24. The van der Waals surface area contributed by atoms with Gasteiger partial charge < -0.3 is 14.8 Å². The molecule has 118 valence electrons. The predicted molar refractivity (Wildman–Crippen MR) is 84.6 cm³/mol. The lowest BCUT2D eigenvalue weighted by molar-refractivity contribution is 0.0205. The van der Waals surface area contributed by atoms with Crippen LogP contribution in [0.25, 0.3) is 0 Å². The summed E-state index contributed by atoms with van der Waals surface area (Å²) in [4.78, 5) is 4.63. The lowest BCUT2D eigenvalue weighted by Crippen LogP contribution is -2.30. The van der Waals surface area contributed by atoms with Crippen LogP contribution in [0.5, 0.6) is 5.75 Å². The Morgan fingerprint density at radius 1 is 1.29 bits per heavy atom. The van der Waals surface area contributed by atoms with E-state index in [0.29, 0.717) is 12.1 Å². The fourth-order valence-corrected chi connectivity index (χ4v) is 2.74. The molecule has 1 aliphatic carbocycles. The van der Waals surface area contributed by atoms with E-state index < -0.39 is 0 Å². The largest absolute Gasteiger partial charge is 0.488 e. The summed E-state index contributed by atoms with van der Waals surface area (Å²) in [6, 6.07) is 4.51. The van der Waals surface area contributed by atoms with Gasteiger partial charge in [0, 0.05) is 31.8 Å². The summed E-state index contributed by atoms with van der Waals surface area (Å²) in [6.07, 6.45) is 4.96. The number of methoxy groups -OCH3 is 1. The molecular formula is C17H28N2O2. The summed E-state index contributed by atoms with van der Waals surface area (Å²) in [7, 11) is 1.79. The van der Waals surface area contributed by atoms with Crippen LogP contribution in [0.4, 0.5) is 0 Å². The third-order valence-electron chi connectivity index (χ3n) is 3.95. The monoisotopic (exact) mass is 292 g/mol. The molecule has 0 bridgehead atoms. The Morgan fingerprint density at radius 2 is 2.05 bits per heavy atom. The first-order chi connectivity index (χ1) is 10.1. The van der Waals surface area contributed by atoms with Crippen molar-refractivity contribution in [2.24, 2.45) is 0 Å². The van der Waals surface area contributed by atoms with E-state index >= 15 is 0 Å². The molecule has 4 nitrogen and oxygen atoms in total. The van der Waals surface area contributed by atoms with Gasteiger partial charge in [0.25, 0.3) is 0 Å². The number of aryl methyl sites for hydroxylation is 1. The number of hydrogen-bond acceptors (Lipinski definition) is 4.